The van der Waals surface area contributed by atoms with Gasteiger partial charge in [-0.15, -0.1) is 10.2 Å². The second-order valence-corrected chi connectivity index (χ2v) is 22.9. The first kappa shape index (κ1) is 54.3. The molecule has 14 nitrogen and oxygen atoms in total. The number of likely N-dealkylation sites (N-methyl/N-ethyl adjacent to an activating group) is 4. The second kappa shape index (κ2) is 22.5. The largest absolute Gasteiger partial charge is 0.737 e. The Hall–Kier alpha value is -8.35. The molecule has 0 spiro atoms. The van der Waals surface area contributed by atoms with Gasteiger partial charge in [-0.3, -0.25) is 9.36 Å². The molecular formula is C65H71BF2N14. The Morgan fingerprint density at radius 2 is 1.04 bits per heavy atom. The highest BCUT2D eigenvalue weighted by Gasteiger charge is 2.55. The predicted molar refractivity (Wildman–Crippen MR) is 331 cm³/mol. The molecule has 12 rings (SSSR count). The van der Waals surface area contributed by atoms with Gasteiger partial charge in [0.25, 0.3) is 0 Å². The quantitative estimate of drug-likeness (QED) is 0.0657. The smallest absolute Gasteiger partial charge is 0.390 e. The maximum atomic E-state index is 18.2. The standard InChI is InChI=1S/C65H71BF2N14/c1-46-38-53(26-22-48-24-28-61-57(40-48)55-18-12-14-20-59(55)79(61)44-51-42-77(71-69-51)36-34-75(7)32-30-73(3)4)81-64(46)63(50-16-10-9-11-17-50)65-47(2)39-54(82(65)66(81,67)68)27-23-49-25-29-62-58(41-49)56-19-13-15-21-60(56)80(62)45-52-43-78(72-70-52)37-35-76(8)33-31-74(5)6/h9-29,38-43H,30-37,44-45H2,1-8H3/b26-22+,27-23+. The summed E-state index contributed by atoms with van der Waals surface area (Å²) in [6, 6.07) is 41.4. The second-order valence-electron chi connectivity index (χ2n) is 22.9. The van der Waals surface area contributed by atoms with Crippen LogP contribution >= 0.6 is 0 Å². The number of allylic oxidation sites excluding steroid dienone is 3. The van der Waals surface area contributed by atoms with Crippen LogP contribution in [0.2, 0.25) is 0 Å². The van der Waals surface area contributed by atoms with Crippen LogP contribution in [0, 0.1) is 6.92 Å². The van der Waals surface area contributed by atoms with Gasteiger partial charge < -0.3 is 46.3 Å². The first-order chi connectivity index (χ1) is 39.7. The van der Waals surface area contributed by atoms with Gasteiger partial charge >= 0.3 is 6.97 Å². The molecule has 17 heteroatoms. The van der Waals surface area contributed by atoms with Crippen LogP contribution in [0.25, 0.3) is 67.4 Å². The number of aryl methyl sites for hydroxylation is 1. The predicted octanol–water partition coefficient (Wildman–Crippen LogP) is 10.6. The fourth-order valence-electron chi connectivity index (χ4n) is 12.0. The molecule has 7 heterocycles. The third kappa shape index (κ3) is 10.6. The Morgan fingerprint density at radius 1 is 0.537 bits per heavy atom. The van der Waals surface area contributed by atoms with Crippen LogP contribution in [0.5, 0.6) is 0 Å². The summed E-state index contributed by atoms with van der Waals surface area (Å²) in [6.07, 6.45) is 13.6. The number of aromatic nitrogens is 9. The molecule has 0 N–H and O–H groups in total. The monoisotopic (exact) mass is 1100 g/mol. The van der Waals surface area contributed by atoms with E-state index in [9.17, 15) is 0 Å². The number of fused-ring (bicyclic) bond motifs is 8. The van der Waals surface area contributed by atoms with Gasteiger partial charge in [0.2, 0.25) is 0 Å². The van der Waals surface area contributed by atoms with Crippen LogP contribution < -0.4 is 0 Å². The molecule has 0 aliphatic carbocycles. The van der Waals surface area contributed by atoms with E-state index in [2.05, 4.69) is 177 Å². The third-order valence-corrected chi connectivity index (χ3v) is 16.2. The molecule has 0 amide bonds. The lowest BCUT2D eigenvalue weighted by atomic mass is 9.83. The summed E-state index contributed by atoms with van der Waals surface area (Å²) in [5.74, 6) is 0. The highest BCUT2D eigenvalue weighted by Crippen LogP contribution is 2.45. The van der Waals surface area contributed by atoms with E-state index in [1.54, 1.807) is 0 Å². The maximum Gasteiger partial charge on any atom is 0.737 e. The Morgan fingerprint density at radius 3 is 1.57 bits per heavy atom. The minimum absolute atomic E-state index is 0.431. The lowest BCUT2D eigenvalue weighted by molar-refractivity contribution is -0.362. The fourth-order valence-corrected chi connectivity index (χ4v) is 12.0. The van der Waals surface area contributed by atoms with Crippen molar-refractivity contribution in [3.63, 3.8) is 0 Å². The zero-order valence-electron chi connectivity index (χ0n) is 48.3. The summed E-state index contributed by atoms with van der Waals surface area (Å²) in [7, 11) is 12.6. The Bertz CT molecular complexity index is 4180. The van der Waals surface area contributed by atoms with Crippen LogP contribution in [-0.2, 0) is 26.2 Å². The van der Waals surface area contributed by atoms with Crippen LogP contribution in [-0.4, -0.2) is 162 Å². The number of halogens is 2. The van der Waals surface area contributed by atoms with Gasteiger partial charge in [-0.05, 0) is 133 Å². The number of hydrogen-bond acceptors (Lipinski definition) is 8. The summed E-state index contributed by atoms with van der Waals surface area (Å²) >= 11 is 0. The molecule has 0 saturated heterocycles. The van der Waals surface area contributed by atoms with E-state index in [0.717, 1.165) is 141 Å². The Kier molecular flexibility index (Phi) is 14.9. The summed E-state index contributed by atoms with van der Waals surface area (Å²) in [5.41, 5.74) is 13.0. The lowest BCUT2D eigenvalue weighted by Crippen LogP contribution is -2.51. The minimum atomic E-state index is -4.40. The van der Waals surface area contributed by atoms with Crippen molar-refractivity contribution in [1.29, 1.82) is 0 Å². The van der Waals surface area contributed by atoms with Crippen molar-refractivity contribution in [2.24, 2.45) is 0 Å². The van der Waals surface area contributed by atoms with Gasteiger partial charge in [0.05, 0.1) is 44.1 Å². The van der Waals surface area contributed by atoms with E-state index in [4.69, 9.17) is 0 Å². The maximum absolute atomic E-state index is 18.2. The Balaban J connectivity index is 0.848. The number of rotatable bonds is 21. The van der Waals surface area contributed by atoms with Crippen molar-refractivity contribution in [3.05, 3.63) is 202 Å². The number of nitrogens with zero attached hydrogens (tertiary/aromatic N) is 14. The SMILES string of the molecule is CC1=CC(/C=C/c2ccc3c(c2)c2ccccc2n3Cc2cn(CCN(C)CCN(C)C)nn2)=[N+]2C1=C(c1ccccc1)c1c(C)cc(/C=C/c3ccc4c(c3)c3ccccc3n4Cc3cn(CCN(C)CCN(C)C)nn3)n1[B-]2(F)F. The highest BCUT2D eigenvalue weighted by molar-refractivity contribution is 6.58. The average Bonchev–Trinajstić information content (AvgIpc) is 3.58. The number of benzene rings is 5. The van der Waals surface area contributed by atoms with E-state index in [1.165, 1.54) is 8.96 Å². The number of hydrogen-bond donors (Lipinski definition) is 0. The molecular weight excluding hydrogens is 1030 g/mol. The molecule has 0 radical (unpaired) electrons. The molecule has 0 bridgehead atoms. The van der Waals surface area contributed by atoms with Crippen LogP contribution in [0.15, 0.2) is 157 Å². The van der Waals surface area contributed by atoms with Gasteiger partial charge in [-0.2, -0.15) is 0 Å². The Labute approximate surface area is 478 Å². The molecule has 10 aromatic rings. The molecule has 0 unspecified atom stereocenters. The van der Waals surface area contributed by atoms with Gasteiger partial charge in [-0.1, -0.05) is 95.4 Å². The molecule has 418 valence electrons. The zero-order chi connectivity index (χ0) is 56.8. The molecule has 0 saturated carbocycles. The van der Waals surface area contributed by atoms with Crippen molar-refractivity contribution in [1.82, 2.24) is 63.2 Å². The average molecular weight is 1100 g/mol. The minimum Gasteiger partial charge on any atom is -0.390 e. The molecule has 2 aliphatic rings. The molecule has 5 aromatic heterocycles. The van der Waals surface area contributed by atoms with Crippen molar-refractivity contribution in [2.75, 3.05) is 81.6 Å². The van der Waals surface area contributed by atoms with E-state index in [-0.39, 0.29) is 0 Å². The highest BCUT2D eigenvalue weighted by atomic mass is 19.2. The molecule has 0 fully saturated rings. The van der Waals surface area contributed by atoms with Gasteiger partial charge in [0.1, 0.15) is 11.4 Å². The summed E-state index contributed by atoms with van der Waals surface area (Å²) < 4.78 is 47.3. The fraction of sp³-hybridized carbons (Fsp3) is 0.277. The third-order valence-electron chi connectivity index (χ3n) is 16.2. The normalized spacial score (nSPS) is 14.6. The lowest BCUT2D eigenvalue weighted by Gasteiger charge is -2.34. The first-order valence-corrected chi connectivity index (χ1v) is 28.4. The number of para-hydroxylation sites is 2. The molecule has 0 atom stereocenters. The van der Waals surface area contributed by atoms with Crippen molar-refractivity contribution < 1.29 is 13.1 Å². The molecule has 82 heavy (non-hydrogen) atoms. The van der Waals surface area contributed by atoms with Gasteiger partial charge in [-0.25, -0.2) is 0 Å². The topological polar surface area (TPSA) is 92.2 Å². The van der Waals surface area contributed by atoms with Gasteiger partial charge in [0, 0.05) is 112 Å². The van der Waals surface area contributed by atoms with Gasteiger partial charge in [0.15, 0.2) is 11.4 Å². The zero-order valence-corrected chi connectivity index (χ0v) is 48.3. The van der Waals surface area contributed by atoms with Crippen molar-refractivity contribution in [3.8, 4) is 0 Å². The van der Waals surface area contributed by atoms with E-state index >= 15 is 8.63 Å². The van der Waals surface area contributed by atoms with E-state index in [1.807, 2.05) is 102 Å². The van der Waals surface area contributed by atoms with Crippen molar-refractivity contribution >= 4 is 80.1 Å². The van der Waals surface area contributed by atoms with Crippen molar-refractivity contribution in [2.45, 2.75) is 40.0 Å². The summed E-state index contributed by atoms with van der Waals surface area (Å²) in [4.78, 5) is 9.00. The van der Waals surface area contributed by atoms with E-state index in [0.29, 0.717) is 35.9 Å². The summed E-state index contributed by atoms with van der Waals surface area (Å²) in [5, 5.41) is 22.5. The van der Waals surface area contributed by atoms with Crippen LogP contribution in [0.3, 0.4) is 0 Å². The molecule has 5 aromatic carbocycles. The summed E-state index contributed by atoms with van der Waals surface area (Å²) in [6.45, 7) is 7.84. The van der Waals surface area contributed by atoms with Crippen LogP contribution in [0.1, 0.15) is 52.0 Å². The first-order valence-electron chi connectivity index (χ1n) is 28.4. The van der Waals surface area contributed by atoms with E-state index < -0.39 is 6.97 Å². The molecule has 2 aliphatic heterocycles. The van der Waals surface area contributed by atoms with Crippen LogP contribution in [0.4, 0.5) is 8.63 Å².